The van der Waals surface area contributed by atoms with Crippen LogP contribution in [0.1, 0.15) is 42.1 Å². The number of rotatable bonds is 10. The van der Waals surface area contributed by atoms with Crippen LogP contribution >= 0.6 is 0 Å². The molecule has 0 aromatic heterocycles. The molecule has 1 amide bonds. The highest BCUT2D eigenvalue weighted by molar-refractivity contribution is 5.95. The van der Waals surface area contributed by atoms with Crippen LogP contribution in [0.2, 0.25) is 0 Å². The smallest absolute Gasteiger partial charge is 0.490 e. The molecular formula is C26H27F3N2O5. The lowest BCUT2D eigenvalue weighted by molar-refractivity contribution is -0.274. The minimum absolute atomic E-state index is 0.0567. The monoisotopic (exact) mass is 504 g/mol. The second-order valence-corrected chi connectivity index (χ2v) is 8.40. The fraction of sp³-hybridized carbons (Fsp3) is 0.385. The van der Waals surface area contributed by atoms with Crippen molar-refractivity contribution < 1.29 is 36.9 Å². The molecule has 0 spiro atoms. The van der Waals surface area contributed by atoms with Crippen LogP contribution in [0, 0.1) is 11.3 Å². The molecule has 1 N–H and O–H groups in total. The highest BCUT2D eigenvalue weighted by atomic mass is 19.4. The van der Waals surface area contributed by atoms with Gasteiger partial charge in [-0.15, -0.1) is 19.8 Å². The van der Waals surface area contributed by atoms with Gasteiger partial charge in [-0.1, -0.05) is 12.1 Å². The van der Waals surface area contributed by atoms with Gasteiger partial charge in [0.15, 0.2) is 11.8 Å². The Morgan fingerprint density at radius 3 is 2.56 bits per heavy atom. The number of halogens is 3. The molecule has 1 fully saturated rings. The number of nitrogens with one attached hydrogen (secondary N) is 1. The van der Waals surface area contributed by atoms with Gasteiger partial charge in [0.05, 0.1) is 12.7 Å². The quantitative estimate of drug-likeness (QED) is 0.441. The predicted molar refractivity (Wildman–Crippen MR) is 125 cm³/mol. The van der Waals surface area contributed by atoms with Gasteiger partial charge >= 0.3 is 6.36 Å². The molecule has 0 saturated carbocycles. The summed E-state index contributed by atoms with van der Waals surface area (Å²) in [6.45, 7) is 5.71. The molecule has 3 rings (SSSR count). The van der Waals surface area contributed by atoms with Crippen LogP contribution in [0.5, 0.6) is 17.2 Å². The number of alkyl halides is 3. The molecule has 192 valence electrons. The third-order valence-electron chi connectivity index (χ3n) is 5.34. The number of hydrogen-bond donors (Lipinski definition) is 1. The number of nitriles is 1. The molecular weight excluding hydrogens is 477 g/mol. The molecule has 10 heteroatoms. The van der Waals surface area contributed by atoms with E-state index in [1.807, 2.05) is 6.07 Å². The minimum Gasteiger partial charge on any atom is -0.490 e. The lowest BCUT2D eigenvalue weighted by Gasteiger charge is -2.26. The highest BCUT2D eigenvalue weighted by Gasteiger charge is 2.32. The van der Waals surface area contributed by atoms with E-state index in [1.165, 1.54) is 19.1 Å². The van der Waals surface area contributed by atoms with Gasteiger partial charge in [-0.2, -0.15) is 5.26 Å². The maximum absolute atomic E-state index is 12.6. The maximum Gasteiger partial charge on any atom is 0.573 e. The van der Waals surface area contributed by atoms with Crippen molar-refractivity contribution in [3.63, 3.8) is 0 Å². The molecule has 36 heavy (non-hydrogen) atoms. The number of hydrogen-bond acceptors (Lipinski definition) is 6. The molecule has 1 aliphatic rings. The summed E-state index contributed by atoms with van der Waals surface area (Å²) in [5.41, 5.74) is -0.651. The van der Waals surface area contributed by atoms with Gasteiger partial charge in [-0.05, 0) is 62.6 Å². The maximum atomic E-state index is 12.6. The number of amides is 1. The highest BCUT2D eigenvalue weighted by Crippen LogP contribution is 2.32. The number of carbonyl (C=O) groups is 1. The van der Waals surface area contributed by atoms with Crippen molar-refractivity contribution in [2.24, 2.45) is 0 Å². The summed E-state index contributed by atoms with van der Waals surface area (Å²) in [7, 11) is 0. The van der Waals surface area contributed by atoms with E-state index < -0.39 is 23.6 Å². The van der Waals surface area contributed by atoms with Crippen molar-refractivity contribution in [3.05, 3.63) is 66.2 Å². The zero-order valence-electron chi connectivity index (χ0n) is 19.8. The van der Waals surface area contributed by atoms with Gasteiger partial charge in [-0.3, -0.25) is 4.79 Å². The van der Waals surface area contributed by atoms with E-state index in [4.69, 9.17) is 14.2 Å². The van der Waals surface area contributed by atoms with Gasteiger partial charge in [-0.25, -0.2) is 0 Å². The van der Waals surface area contributed by atoms with E-state index in [0.29, 0.717) is 24.5 Å². The summed E-state index contributed by atoms with van der Waals surface area (Å²) in [4.78, 5) is 12.6. The van der Waals surface area contributed by atoms with Crippen molar-refractivity contribution in [2.45, 2.75) is 50.8 Å². The van der Waals surface area contributed by atoms with Crippen LogP contribution in [0.4, 0.5) is 13.2 Å². The molecule has 2 aromatic rings. The number of nitrogens with zero attached hydrogens (tertiary/aromatic N) is 1. The zero-order chi connectivity index (χ0) is 26.2. The van der Waals surface area contributed by atoms with Crippen molar-refractivity contribution >= 4 is 5.91 Å². The Morgan fingerprint density at radius 2 is 1.94 bits per heavy atom. The largest absolute Gasteiger partial charge is 0.573 e. The summed E-state index contributed by atoms with van der Waals surface area (Å²) in [6.07, 6.45) is -0.261. The Kier molecular flexibility index (Phi) is 8.83. The summed E-state index contributed by atoms with van der Waals surface area (Å²) in [5.74, 6) is -0.0595. The first-order valence-electron chi connectivity index (χ1n) is 11.4. The van der Waals surface area contributed by atoms with Crippen LogP contribution in [0.15, 0.2) is 55.1 Å². The Balaban J connectivity index is 1.68. The second-order valence-electron chi connectivity index (χ2n) is 8.40. The number of allylic oxidation sites excluding steroid dienone is 1. The van der Waals surface area contributed by atoms with Crippen molar-refractivity contribution in [2.75, 3.05) is 13.2 Å². The minimum atomic E-state index is -4.84. The molecule has 1 heterocycles. The first kappa shape index (κ1) is 26.9. The summed E-state index contributed by atoms with van der Waals surface area (Å²) < 4.78 is 58.5. The van der Waals surface area contributed by atoms with Crippen LogP contribution < -0.4 is 19.5 Å². The SMILES string of the molecule is C=CCc1c(OC[C@](C)(C#N)NC(=O)c2ccc(OC(F)(F)F)cc2)cccc1O[C@H]1CCCCO1. The van der Waals surface area contributed by atoms with E-state index in [0.717, 1.165) is 37.0 Å². The van der Waals surface area contributed by atoms with Crippen LogP contribution in [0.3, 0.4) is 0 Å². The van der Waals surface area contributed by atoms with E-state index in [2.05, 4.69) is 16.6 Å². The van der Waals surface area contributed by atoms with Gasteiger partial charge < -0.3 is 24.3 Å². The normalized spacial score (nSPS) is 17.2. The second kappa shape index (κ2) is 11.8. The Morgan fingerprint density at radius 1 is 1.22 bits per heavy atom. The predicted octanol–water partition coefficient (Wildman–Crippen LogP) is 5.31. The first-order chi connectivity index (χ1) is 17.1. The molecule has 7 nitrogen and oxygen atoms in total. The molecule has 1 saturated heterocycles. The number of carbonyl (C=O) groups excluding carboxylic acids is 1. The van der Waals surface area contributed by atoms with Gasteiger partial charge in [0.2, 0.25) is 0 Å². The fourth-order valence-electron chi connectivity index (χ4n) is 3.53. The average Bonchev–Trinajstić information content (AvgIpc) is 2.84. The zero-order valence-corrected chi connectivity index (χ0v) is 19.8. The average molecular weight is 505 g/mol. The molecule has 0 bridgehead atoms. The Labute approximate surface area is 207 Å². The van der Waals surface area contributed by atoms with E-state index in [-0.39, 0.29) is 18.5 Å². The van der Waals surface area contributed by atoms with Crippen molar-refractivity contribution in [1.82, 2.24) is 5.32 Å². The fourth-order valence-corrected chi connectivity index (χ4v) is 3.53. The first-order valence-corrected chi connectivity index (χ1v) is 11.4. The molecule has 0 unspecified atom stereocenters. The topological polar surface area (TPSA) is 89.8 Å². The van der Waals surface area contributed by atoms with E-state index >= 15 is 0 Å². The standard InChI is InChI=1S/C26H27F3N2O5/c1-3-7-20-21(8-6-9-22(20)35-23-10-4-5-15-33-23)34-17-25(2,16-30)31-24(32)18-11-13-19(14-12-18)36-26(27,28)29/h3,6,8-9,11-14,23H,1,4-5,7,10,15,17H2,2H3,(H,31,32)/t23-,25-/m0/s1. The summed E-state index contributed by atoms with van der Waals surface area (Å²) in [5, 5.41) is 12.3. The molecule has 0 radical (unpaired) electrons. The van der Waals surface area contributed by atoms with Crippen molar-refractivity contribution in [1.29, 1.82) is 5.26 Å². The lowest BCUT2D eigenvalue weighted by atomic mass is 10.0. The van der Waals surface area contributed by atoms with Gasteiger partial charge in [0, 0.05) is 17.5 Å². The van der Waals surface area contributed by atoms with Crippen LogP contribution in [0.25, 0.3) is 0 Å². The van der Waals surface area contributed by atoms with Gasteiger partial charge in [0.1, 0.15) is 23.9 Å². The van der Waals surface area contributed by atoms with E-state index in [9.17, 15) is 23.2 Å². The summed E-state index contributed by atoms with van der Waals surface area (Å²) >= 11 is 0. The third-order valence-corrected chi connectivity index (χ3v) is 5.34. The van der Waals surface area contributed by atoms with Gasteiger partial charge in [0.25, 0.3) is 5.91 Å². The summed E-state index contributed by atoms with van der Waals surface area (Å²) in [6, 6.07) is 11.7. The lowest BCUT2D eigenvalue weighted by Crippen LogP contribution is -2.49. The number of ether oxygens (including phenoxy) is 4. The van der Waals surface area contributed by atoms with Crippen LogP contribution in [-0.2, 0) is 11.2 Å². The Bertz CT molecular complexity index is 1090. The molecule has 2 atom stereocenters. The van der Waals surface area contributed by atoms with Crippen LogP contribution in [-0.4, -0.2) is 37.3 Å². The Hall–Kier alpha value is -3.71. The molecule has 2 aromatic carbocycles. The molecule has 1 aliphatic heterocycles. The molecule has 0 aliphatic carbocycles. The number of benzene rings is 2. The van der Waals surface area contributed by atoms with Crippen molar-refractivity contribution in [3.8, 4) is 23.3 Å². The third kappa shape index (κ3) is 7.65. The van der Waals surface area contributed by atoms with E-state index in [1.54, 1.807) is 24.3 Å².